The summed E-state index contributed by atoms with van der Waals surface area (Å²) in [5.74, 6) is 1.18. The SMILES string of the molecule is CC[C@H](C)NC(=O)CSc1cc(C)nc2c(-c3ccc(OC)cc3)cnn12. The number of benzene rings is 1. The highest BCUT2D eigenvalue weighted by molar-refractivity contribution is 7.99. The molecule has 27 heavy (non-hydrogen) atoms. The minimum absolute atomic E-state index is 0.0273. The summed E-state index contributed by atoms with van der Waals surface area (Å²) in [7, 11) is 1.65. The summed E-state index contributed by atoms with van der Waals surface area (Å²) >= 11 is 1.47. The number of carbonyl (C=O) groups is 1. The number of fused-ring (bicyclic) bond motifs is 1. The normalized spacial score (nSPS) is 12.1. The molecule has 0 aliphatic heterocycles. The van der Waals surface area contributed by atoms with Gasteiger partial charge in [0, 0.05) is 17.3 Å². The van der Waals surface area contributed by atoms with Gasteiger partial charge in [-0.3, -0.25) is 4.79 Å². The molecule has 0 saturated heterocycles. The Morgan fingerprint density at radius 2 is 2.07 bits per heavy atom. The molecule has 1 N–H and O–H groups in total. The zero-order valence-corrected chi connectivity index (χ0v) is 16.8. The molecule has 0 aliphatic carbocycles. The van der Waals surface area contributed by atoms with E-state index >= 15 is 0 Å². The summed E-state index contributed by atoms with van der Waals surface area (Å²) in [6.45, 7) is 6.01. The zero-order chi connectivity index (χ0) is 19.4. The van der Waals surface area contributed by atoms with E-state index in [1.54, 1.807) is 11.6 Å². The number of hydrogen-bond donors (Lipinski definition) is 1. The number of carbonyl (C=O) groups excluding carboxylic acids is 1. The number of amides is 1. The first-order valence-corrected chi connectivity index (χ1v) is 9.92. The van der Waals surface area contributed by atoms with Crippen LogP contribution in [0.1, 0.15) is 26.0 Å². The molecule has 1 aromatic carbocycles. The second-order valence-electron chi connectivity index (χ2n) is 6.42. The molecule has 0 saturated carbocycles. The molecule has 1 atom stereocenters. The monoisotopic (exact) mass is 384 g/mol. The van der Waals surface area contributed by atoms with Crippen LogP contribution in [0.3, 0.4) is 0 Å². The topological polar surface area (TPSA) is 68.5 Å². The van der Waals surface area contributed by atoms with Crippen molar-refractivity contribution in [3.05, 3.63) is 42.2 Å². The van der Waals surface area contributed by atoms with Crippen LogP contribution in [0.2, 0.25) is 0 Å². The van der Waals surface area contributed by atoms with Gasteiger partial charge in [0.05, 0.1) is 19.1 Å². The van der Waals surface area contributed by atoms with Crippen molar-refractivity contribution in [2.75, 3.05) is 12.9 Å². The quantitative estimate of drug-likeness (QED) is 0.497. The molecule has 0 fully saturated rings. The third-order valence-corrected chi connectivity index (χ3v) is 5.33. The van der Waals surface area contributed by atoms with Gasteiger partial charge in [-0.05, 0) is 44.0 Å². The van der Waals surface area contributed by atoms with Gasteiger partial charge in [0.1, 0.15) is 10.8 Å². The Kier molecular flexibility index (Phi) is 6.01. The molecular formula is C20H24N4O2S. The highest BCUT2D eigenvalue weighted by Crippen LogP contribution is 2.28. The van der Waals surface area contributed by atoms with Crippen molar-refractivity contribution in [2.45, 2.75) is 38.3 Å². The third kappa shape index (κ3) is 4.42. The van der Waals surface area contributed by atoms with Gasteiger partial charge < -0.3 is 10.1 Å². The molecule has 3 aromatic rings. The predicted molar refractivity (Wildman–Crippen MR) is 108 cm³/mol. The molecule has 0 unspecified atom stereocenters. The molecule has 142 valence electrons. The molecule has 0 bridgehead atoms. The fraction of sp³-hybridized carbons (Fsp3) is 0.350. The van der Waals surface area contributed by atoms with Crippen molar-refractivity contribution in [1.29, 1.82) is 0 Å². The van der Waals surface area contributed by atoms with Gasteiger partial charge in [-0.2, -0.15) is 5.10 Å². The molecule has 0 radical (unpaired) electrons. The van der Waals surface area contributed by atoms with Crippen LogP contribution in [-0.2, 0) is 4.79 Å². The van der Waals surface area contributed by atoms with E-state index in [1.165, 1.54) is 11.8 Å². The number of methoxy groups -OCH3 is 1. The summed E-state index contributed by atoms with van der Waals surface area (Å²) < 4.78 is 7.02. The van der Waals surface area contributed by atoms with Crippen LogP contribution in [-0.4, -0.2) is 39.4 Å². The van der Waals surface area contributed by atoms with Crippen LogP contribution in [0, 0.1) is 6.92 Å². The van der Waals surface area contributed by atoms with E-state index in [2.05, 4.69) is 22.3 Å². The minimum Gasteiger partial charge on any atom is -0.497 e. The van der Waals surface area contributed by atoms with Crippen molar-refractivity contribution in [1.82, 2.24) is 19.9 Å². The number of aryl methyl sites for hydroxylation is 1. The number of nitrogens with one attached hydrogen (secondary N) is 1. The van der Waals surface area contributed by atoms with Crippen LogP contribution < -0.4 is 10.1 Å². The standard InChI is InChI=1S/C20H24N4O2S/c1-5-13(2)22-18(25)12-27-19-10-14(3)23-20-17(11-21-24(19)20)15-6-8-16(26-4)9-7-15/h6-11,13H,5,12H2,1-4H3,(H,22,25)/t13-/m0/s1. The fourth-order valence-corrected chi connectivity index (χ4v) is 3.56. The Labute approximate surface area is 163 Å². The van der Waals surface area contributed by atoms with E-state index in [0.29, 0.717) is 5.75 Å². The highest BCUT2D eigenvalue weighted by Gasteiger charge is 2.14. The molecule has 3 rings (SSSR count). The number of thioether (sulfide) groups is 1. The van der Waals surface area contributed by atoms with Crippen molar-refractivity contribution < 1.29 is 9.53 Å². The summed E-state index contributed by atoms with van der Waals surface area (Å²) in [5.41, 5.74) is 3.65. The summed E-state index contributed by atoms with van der Waals surface area (Å²) in [6, 6.07) is 9.97. The second-order valence-corrected chi connectivity index (χ2v) is 7.42. The molecular weight excluding hydrogens is 360 g/mol. The number of nitrogens with zero attached hydrogens (tertiary/aromatic N) is 3. The zero-order valence-electron chi connectivity index (χ0n) is 16.0. The number of ether oxygens (including phenoxy) is 1. The van der Waals surface area contributed by atoms with Crippen LogP contribution in [0.25, 0.3) is 16.8 Å². The maximum absolute atomic E-state index is 12.1. The molecule has 7 heteroatoms. The van der Waals surface area contributed by atoms with Gasteiger partial charge in [0.2, 0.25) is 5.91 Å². The van der Waals surface area contributed by atoms with E-state index in [-0.39, 0.29) is 11.9 Å². The fourth-order valence-electron chi connectivity index (χ4n) is 2.69. The first kappa shape index (κ1) is 19.2. The molecule has 0 spiro atoms. The van der Waals surface area contributed by atoms with Crippen LogP contribution in [0.5, 0.6) is 5.75 Å². The summed E-state index contributed by atoms with van der Waals surface area (Å²) in [5, 5.41) is 8.39. The van der Waals surface area contributed by atoms with Gasteiger partial charge in [0.25, 0.3) is 0 Å². The van der Waals surface area contributed by atoms with Gasteiger partial charge in [-0.1, -0.05) is 30.8 Å². The van der Waals surface area contributed by atoms with E-state index in [4.69, 9.17) is 4.74 Å². The first-order valence-electron chi connectivity index (χ1n) is 8.93. The molecule has 2 heterocycles. The summed E-state index contributed by atoms with van der Waals surface area (Å²) in [6.07, 6.45) is 2.73. The largest absolute Gasteiger partial charge is 0.497 e. The Bertz CT molecular complexity index is 937. The Hall–Kier alpha value is -2.54. The van der Waals surface area contributed by atoms with Crippen LogP contribution >= 0.6 is 11.8 Å². The highest BCUT2D eigenvalue weighted by atomic mass is 32.2. The van der Waals surface area contributed by atoms with Crippen molar-refractivity contribution in [3.8, 4) is 16.9 Å². The van der Waals surface area contributed by atoms with E-state index in [9.17, 15) is 4.79 Å². The number of hydrogen-bond acceptors (Lipinski definition) is 5. The Morgan fingerprint density at radius 1 is 1.33 bits per heavy atom. The average molecular weight is 385 g/mol. The lowest BCUT2D eigenvalue weighted by Gasteiger charge is -2.11. The first-order chi connectivity index (χ1) is 13.0. The van der Waals surface area contributed by atoms with E-state index < -0.39 is 0 Å². The lowest BCUT2D eigenvalue weighted by Crippen LogP contribution is -2.33. The van der Waals surface area contributed by atoms with Crippen LogP contribution in [0.4, 0.5) is 0 Å². The number of rotatable bonds is 7. The number of aromatic nitrogens is 3. The van der Waals surface area contributed by atoms with E-state index in [1.807, 2.05) is 50.4 Å². The van der Waals surface area contributed by atoms with Crippen molar-refractivity contribution >= 4 is 23.3 Å². The maximum atomic E-state index is 12.1. The summed E-state index contributed by atoms with van der Waals surface area (Å²) in [4.78, 5) is 16.8. The maximum Gasteiger partial charge on any atom is 0.230 e. The van der Waals surface area contributed by atoms with Crippen molar-refractivity contribution in [2.24, 2.45) is 0 Å². The predicted octanol–water partition coefficient (Wildman–Crippen LogP) is 3.72. The molecule has 1 amide bonds. The molecule has 6 nitrogen and oxygen atoms in total. The third-order valence-electron chi connectivity index (χ3n) is 4.34. The van der Waals surface area contributed by atoms with Crippen LogP contribution in [0.15, 0.2) is 41.6 Å². The second kappa shape index (κ2) is 8.43. The van der Waals surface area contributed by atoms with Gasteiger partial charge in [-0.25, -0.2) is 9.50 Å². The lowest BCUT2D eigenvalue weighted by molar-refractivity contribution is -0.119. The smallest absolute Gasteiger partial charge is 0.230 e. The average Bonchev–Trinajstić information content (AvgIpc) is 3.09. The van der Waals surface area contributed by atoms with Crippen molar-refractivity contribution in [3.63, 3.8) is 0 Å². The molecule has 0 aliphatic rings. The van der Waals surface area contributed by atoms with Gasteiger partial charge in [-0.15, -0.1) is 0 Å². The van der Waals surface area contributed by atoms with Gasteiger partial charge in [0.15, 0.2) is 5.65 Å². The Morgan fingerprint density at radius 3 is 2.74 bits per heavy atom. The van der Waals surface area contributed by atoms with Gasteiger partial charge >= 0.3 is 0 Å². The lowest BCUT2D eigenvalue weighted by atomic mass is 10.1. The van der Waals surface area contributed by atoms with E-state index in [0.717, 1.165) is 39.7 Å². The Balaban J connectivity index is 1.87. The molecule has 2 aromatic heterocycles. The minimum atomic E-state index is 0.0273.